The SMILES string of the molecule is CCOc1ccc(N2C(=O)/C(=C/c3cc(Br)c(OCC)cc3OCC)N(C)C2=S)cc1. The molecule has 0 spiro atoms. The Morgan fingerprint density at radius 1 is 0.968 bits per heavy atom. The van der Waals surface area contributed by atoms with Gasteiger partial charge in [0, 0.05) is 18.7 Å². The Labute approximate surface area is 196 Å². The monoisotopic (exact) mass is 504 g/mol. The number of benzene rings is 2. The molecule has 1 saturated heterocycles. The van der Waals surface area contributed by atoms with E-state index < -0.39 is 0 Å². The van der Waals surface area contributed by atoms with Crippen LogP contribution in [0.2, 0.25) is 0 Å². The van der Waals surface area contributed by atoms with Crippen LogP contribution < -0.4 is 19.1 Å². The van der Waals surface area contributed by atoms with E-state index in [1.165, 1.54) is 4.90 Å². The summed E-state index contributed by atoms with van der Waals surface area (Å²) < 4.78 is 17.7. The number of hydrogen-bond donors (Lipinski definition) is 0. The van der Waals surface area contributed by atoms with Crippen molar-refractivity contribution in [2.75, 3.05) is 31.8 Å². The summed E-state index contributed by atoms with van der Waals surface area (Å²) in [6.45, 7) is 7.37. The van der Waals surface area contributed by atoms with Gasteiger partial charge in [0.25, 0.3) is 5.91 Å². The fraction of sp³-hybridized carbons (Fsp3) is 0.304. The molecule has 0 aromatic heterocycles. The van der Waals surface area contributed by atoms with Crippen molar-refractivity contribution >= 4 is 50.9 Å². The van der Waals surface area contributed by atoms with Crippen molar-refractivity contribution in [3.8, 4) is 17.2 Å². The lowest BCUT2D eigenvalue weighted by molar-refractivity contribution is -0.114. The number of carbonyl (C=O) groups excluding carboxylic acids is 1. The largest absolute Gasteiger partial charge is 0.494 e. The Hall–Kier alpha value is -2.58. The van der Waals surface area contributed by atoms with Crippen LogP contribution in [0.25, 0.3) is 6.08 Å². The minimum atomic E-state index is -0.205. The van der Waals surface area contributed by atoms with Gasteiger partial charge in [-0.25, -0.2) is 0 Å². The maximum absolute atomic E-state index is 13.3. The molecule has 1 aliphatic heterocycles. The zero-order chi connectivity index (χ0) is 22.5. The minimum absolute atomic E-state index is 0.205. The van der Waals surface area contributed by atoms with Gasteiger partial charge in [-0.3, -0.25) is 9.69 Å². The van der Waals surface area contributed by atoms with Gasteiger partial charge in [0.2, 0.25) is 0 Å². The zero-order valence-electron chi connectivity index (χ0n) is 18.0. The van der Waals surface area contributed by atoms with E-state index in [9.17, 15) is 4.79 Å². The molecule has 2 aromatic rings. The standard InChI is InChI=1S/C23H25BrN2O4S/c1-5-28-17-10-8-16(9-11-17)26-22(27)19(25(4)23(26)31)13-15-12-18(24)21(30-7-3)14-20(15)29-6-2/h8-14H,5-7H2,1-4H3/b19-13-. The molecule has 0 aliphatic carbocycles. The molecule has 1 aliphatic rings. The molecule has 0 N–H and O–H groups in total. The highest BCUT2D eigenvalue weighted by Crippen LogP contribution is 2.36. The molecule has 0 unspecified atom stereocenters. The van der Waals surface area contributed by atoms with Crippen molar-refractivity contribution in [1.29, 1.82) is 0 Å². The first-order valence-corrected chi connectivity index (χ1v) is 11.3. The van der Waals surface area contributed by atoms with Gasteiger partial charge in [-0.05, 0) is 85.3 Å². The van der Waals surface area contributed by atoms with Crippen LogP contribution in [0.3, 0.4) is 0 Å². The predicted molar refractivity (Wildman–Crippen MR) is 130 cm³/mol. The summed E-state index contributed by atoms with van der Waals surface area (Å²) >= 11 is 9.10. The summed E-state index contributed by atoms with van der Waals surface area (Å²) in [7, 11) is 1.78. The molecule has 6 nitrogen and oxygen atoms in total. The highest BCUT2D eigenvalue weighted by atomic mass is 79.9. The lowest BCUT2D eigenvalue weighted by Gasteiger charge is -2.17. The van der Waals surface area contributed by atoms with Gasteiger partial charge < -0.3 is 19.1 Å². The second kappa shape index (κ2) is 10.2. The van der Waals surface area contributed by atoms with E-state index in [0.717, 1.165) is 15.8 Å². The van der Waals surface area contributed by atoms with E-state index in [1.54, 1.807) is 18.0 Å². The van der Waals surface area contributed by atoms with E-state index >= 15 is 0 Å². The average Bonchev–Trinajstić information content (AvgIpc) is 2.95. The molecule has 0 atom stereocenters. The first-order chi connectivity index (χ1) is 14.9. The molecule has 3 rings (SSSR count). The number of carbonyl (C=O) groups is 1. The lowest BCUT2D eigenvalue weighted by Crippen LogP contribution is -2.31. The first-order valence-electron chi connectivity index (χ1n) is 10.1. The molecule has 0 radical (unpaired) electrons. The van der Waals surface area contributed by atoms with Crippen molar-refractivity contribution in [2.24, 2.45) is 0 Å². The normalized spacial score (nSPS) is 15.1. The predicted octanol–water partition coefficient (Wildman–Crippen LogP) is 5.25. The van der Waals surface area contributed by atoms with Gasteiger partial charge in [0.15, 0.2) is 5.11 Å². The Bertz CT molecular complexity index is 1010. The highest BCUT2D eigenvalue weighted by molar-refractivity contribution is 9.10. The Kier molecular flexibility index (Phi) is 7.56. The smallest absolute Gasteiger partial charge is 0.281 e. The molecule has 0 saturated carbocycles. The molecule has 2 aromatic carbocycles. The van der Waals surface area contributed by atoms with E-state index in [2.05, 4.69) is 15.9 Å². The second-order valence-corrected chi connectivity index (χ2v) is 7.84. The summed E-state index contributed by atoms with van der Waals surface area (Å²) in [5, 5.41) is 0.406. The van der Waals surface area contributed by atoms with Gasteiger partial charge >= 0.3 is 0 Å². The fourth-order valence-electron chi connectivity index (χ4n) is 3.20. The Balaban J connectivity index is 1.98. The van der Waals surface area contributed by atoms with Gasteiger partial charge in [-0.2, -0.15) is 0 Å². The molecule has 8 heteroatoms. The van der Waals surface area contributed by atoms with Gasteiger partial charge in [0.05, 0.1) is 30.0 Å². The molecule has 1 fully saturated rings. The molecule has 164 valence electrons. The summed E-state index contributed by atoms with van der Waals surface area (Å²) in [6.07, 6.45) is 1.79. The van der Waals surface area contributed by atoms with Crippen LogP contribution in [0.1, 0.15) is 26.3 Å². The lowest BCUT2D eigenvalue weighted by atomic mass is 10.1. The number of halogens is 1. The van der Waals surface area contributed by atoms with E-state index in [-0.39, 0.29) is 5.91 Å². The van der Waals surface area contributed by atoms with E-state index in [1.807, 2.05) is 57.2 Å². The Morgan fingerprint density at radius 2 is 1.58 bits per heavy atom. The molecule has 0 bridgehead atoms. The van der Waals surface area contributed by atoms with Crippen LogP contribution >= 0.6 is 28.1 Å². The summed E-state index contributed by atoms with van der Waals surface area (Å²) in [6, 6.07) is 11.0. The minimum Gasteiger partial charge on any atom is -0.494 e. The number of thiocarbonyl (C=S) groups is 1. The fourth-order valence-corrected chi connectivity index (χ4v) is 3.96. The van der Waals surface area contributed by atoms with Crippen LogP contribution in [0.4, 0.5) is 5.69 Å². The topological polar surface area (TPSA) is 51.2 Å². The van der Waals surface area contributed by atoms with Crippen LogP contribution in [0.5, 0.6) is 17.2 Å². The maximum atomic E-state index is 13.3. The average molecular weight is 505 g/mol. The van der Waals surface area contributed by atoms with Crippen LogP contribution in [-0.2, 0) is 4.79 Å². The molecular weight excluding hydrogens is 480 g/mol. The van der Waals surface area contributed by atoms with E-state index in [4.69, 9.17) is 26.4 Å². The van der Waals surface area contributed by atoms with Crippen molar-refractivity contribution in [3.05, 3.63) is 52.1 Å². The van der Waals surface area contributed by atoms with Crippen molar-refractivity contribution in [1.82, 2.24) is 4.90 Å². The molecular formula is C23H25BrN2O4S. The van der Waals surface area contributed by atoms with Crippen LogP contribution in [0.15, 0.2) is 46.6 Å². The number of nitrogens with zero attached hydrogens (tertiary/aromatic N) is 2. The van der Waals surface area contributed by atoms with E-state index in [0.29, 0.717) is 47.8 Å². The van der Waals surface area contributed by atoms with Gasteiger partial charge in [-0.15, -0.1) is 0 Å². The number of amides is 1. The Morgan fingerprint density at radius 3 is 2.19 bits per heavy atom. The number of rotatable bonds is 8. The quantitative estimate of drug-likeness (QED) is 0.361. The van der Waals surface area contributed by atoms with Crippen molar-refractivity contribution in [2.45, 2.75) is 20.8 Å². The highest BCUT2D eigenvalue weighted by Gasteiger charge is 2.37. The van der Waals surface area contributed by atoms with Gasteiger partial charge in [-0.1, -0.05) is 0 Å². The van der Waals surface area contributed by atoms with Gasteiger partial charge in [0.1, 0.15) is 22.9 Å². The van der Waals surface area contributed by atoms with Crippen LogP contribution in [-0.4, -0.2) is 42.8 Å². The third-order valence-electron chi connectivity index (χ3n) is 4.62. The number of anilines is 1. The van der Waals surface area contributed by atoms with Crippen molar-refractivity contribution < 1.29 is 19.0 Å². The third-order valence-corrected chi connectivity index (χ3v) is 5.70. The second-order valence-electron chi connectivity index (χ2n) is 6.63. The number of ether oxygens (including phenoxy) is 3. The molecule has 1 amide bonds. The summed E-state index contributed by atoms with van der Waals surface area (Å²) in [4.78, 5) is 16.5. The molecule has 1 heterocycles. The zero-order valence-corrected chi connectivity index (χ0v) is 20.4. The maximum Gasteiger partial charge on any atom is 0.281 e. The van der Waals surface area contributed by atoms with Crippen molar-refractivity contribution in [3.63, 3.8) is 0 Å². The molecule has 31 heavy (non-hydrogen) atoms. The third kappa shape index (κ3) is 4.85. The summed E-state index contributed by atoms with van der Waals surface area (Å²) in [5.41, 5.74) is 1.89. The first kappa shape index (κ1) is 23.1. The number of likely N-dealkylation sites (N-methyl/N-ethyl adjacent to an activating group) is 1. The summed E-state index contributed by atoms with van der Waals surface area (Å²) in [5.74, 6) is 1.86. The number of hydrogen-bond acceptors (Lipinski definition) is 5. The van der Waals surface area contributed by atoms with Crippen LogP contribution in [0, 0.1) is 0 Å².